The van der Waals surface area contributed by atoms with Crippen LogP contribution in [0.2, 0.25) is 0 Å². The number of nitrogens with one attached hydrogen (secondary N) is 1. The zero-order chi connectivity index (χ0) is 15.5. The van der Waals surface area contributed by atoms with Gasteiger partial charge in [0.25, 0.3) is 0 Å². The molecule has 1 atom stereocenters. The van der Waals surface area contributed by atoms with Crippen molar-refractivity contribution in [3.63, 3.8) is 0 Å². The van der Waals surface area contributed by atoms with E-state index in [1.165, 1.54) is 0 Å². The summed E-state index contributed by atoms with van der Waals surface area (Å²) in [5.41, 5.74) is 1.88. The first kappa shape index (κ1) is 17.0. The molecule has 0 aliphatic rings. The van der Waals surface area contributed by atoms with Gasteiger partial charge in [0.05, 0.1) is 24.5 Å². The van der Waals surface area contributed by atoms with Crippen molar-refractivity contribution in [3.05, 3.63) is 11.3 Å². The zero-order valence-electron chi connectivity index (χ0n) is 13.8. The molecule has 0 aliphatic heterocycles. The Morgan fingerprint density at radius 2 is 2.00 bits per heavy atom. The lowest BCUT2D eigenvalue weighted by atomic mass is 9.80. The third-order valence-electron chi connectivity index (χ3n) is 3.80. The van der Waals surface area contributed by atoms with Crippen LogP contribution in [-0.4, -0.2) is 34.6 Å². The quantitative estimate of drug-likeness (QED) is 0.802. The first-order valence-electron chi connectivity index (χ1n) is 7.16. The molecule has 0 saturated carbocycles. The topological polar surface area (TPSA) is 59.3 Å². The minimum absolute atomic E-state index is 0.169. The van der Waals surface area contributed by atoms with E-state index in [4.69, 9.17) is 4.74 Å². The molecule has 2 N–H and O–H groups in total. The predicted molar refractivity (Wildman–Crippen MR) is 80.8 cm³/mol. The molecule has 0 radical (unpaired) electrons. The highest BCUT2D eigenvalue weighted by Gasteiger charge is 2.29. The lowest BCUT2D eigenvalue weighted by Gasteiger charge is -2.33. The van der Waals surface area contributed by atoms with Crippen molar-refractivity contribution >= 4 is 0 Å². The van der Waals surface area contributed by atoms with Crippen molar-refractivity contribution in [2.45, 2.75) is 47.3 Å². The van der Waals surface area contributed by atoms with Gasteiger partial charge in [0, 0.05) is 25.6 Å². The molecule has 5 nitrogen and oxygen atoms in total. The van der Waals surface area contributed by atoms with E-state index in [2.05, 4.69) is 24.3 Å². The number of aromatic nitrogens is 2. The van der Waals surface area contributed by atoms with E-state index in [1.807, 2.05) is 27.8 Å². The molecule has 0 amide bonds. The molecule has 1 heterocycles. The molecule has 5 heteroatoms. The highest BCUT2D eigenvalue weighted by molar-refractivity contribution is 5.30. The van der Waals surface area contributed by atoms with E-state index in [9.17, 15) is 5.11 Å². The molecule has 116 valence electrons. The van der Waals surface area contributed by atoms with Gasteiger partial charge in [0.15, 0.2) is 0 Å². The van der Waals surface area contributed by atoms with Gasteiger partial charge in [-0.3, -0.25) is 0 Å². The average Bonchev–Trinajstić information content (AvgIpc) is 2.62. The van der Waals surface area contributed by atoms with Crippen molar-refractivity contribution in [1.29, 1.82) is 0 Å². The fourth-order valence-electron chi connectivity index (χ4n) is 2.66. The fourth-order valence-corrected chi connectivity index (χ4v) is 2.66. The van der Waals surface area contributed by atoms with Gasteiger partial charge in [-0.15, -0.1) is 0 Å². The Balaban J connectivity index is 2.65. The minimum Gasteiger partial charge on any atom is -0.481 e. The van der Waals surface area contributed by atoms with Crippen LogP contribution in [0.25, 0.3) is 0 Å². The molecule has 0 saturated heterocycles. The summed E-state index contributed by atoms with van der Waals surface area (Å²) >= 11 is 0. The SMILES string of the molecule is COc1c(CNCC(C)(C)C(O)C(C)C)c(C)nn1C. The molecule has 0 aromatic carbocycles. The standard InChI is InChI=1S/C15H29N3O2/c1-10(2)13(19)15(4,5)9-16-8-12-11(3)17-18(6)14(12)20-7/h10,13,16,19H,8-9H2,1-7H3. The first-order valence-corrected chi connectivity index (χ1v) is 7.16. The van der Waals surface area contributed by atoms with E-state index in [1.54, 1.807) is 11.8 Å². The smallest absolute Gasteiger partial charge is 0.216 e. The van der Waals surface area contributed by atoms with Crippen LogP contribution in [0.5, 0.6) is 5.88 Å². The summed E-state index contributed by atoms with van der Waals surface area (Å²) in [5, 5.41) is 18.0. The van der Waals surface area contributed by atoms with E-state index in [-0.39, 0.29) is 17.4 Å². The van der Waals surface area contributed by atoms with Crippen LogP contribution in [0.3, 0.4) is 0 Å². The van der Waals surface area contributed by atoms with Crippen molar-refractivity contribution in [3.8, 4) is 5.88 Å². The summed E-state index contributed by atoms with van der Waals surface area (Å²) in [4.78, 5) is 0. The van der Waals surface area contributed by atoms with Crippen LogP contribution in [-0.2, 0) is 13.6 Å². The van der Waals surface area contributed by atoms with Crippen LogP contribution in [0.4, 0.5) is 0 Å². The van der Waals surface area contributed by atoms with E-state index < -0.39 is 0 Å². The van der Waals surface area contributed by atoms with Gasteiger partial charge in [-0.2, -0.15) is 5.10 Å². The summed E-state index contributed by atoms with van der Waals surface area (Å²) in [6, 6.07) is 0. The highest BCUT2D eigenvalue weighted by atomic mass is 16.5. The van der Waals surface area contributed by atoms with Crippen LogP contribution < -0.4 is 10.1 Å². The number of hydrogen-bond donors (Lipinski definition) is 2. The van der Waals surface area contributed by atoms with Gasteiger partial charge in [0.2, 0.25) is 5.88 Å². The molecule has 1 aromatic rings. The lowest BCUT2D eigenvalue weighted by Crippen LogP contribution is -2.41. The monoisotopic (exact) mass is 283 g/mol. The van der Waals surface area contributed by atoms with Crippen molar-refractivity contribution in [2.24, 2.45) is 18.4 Å². The minimum atomic E-state index is -0.327. The average molecular weight is 283 g/mol. The number of methoxy groups -OCH3 is 1. The van der Waals surface area contributed by atoms with Crippen molar-refractivity contribution in [2.75, 3.05) is 13.7 Å². The Morgan fingerprint density at radius 3 is 2.50 bits per heavy atom. The van der Waals surface area contributed by atoms with Crippen molar-refractivity contribution < 1.29 is 9.84 Å². The van der Waals surface area contributed by atoms with E-state index >= 15 is 0 Å². The Labute approximate surface area is 122 Å². The molecule has 0 aliphatic carbocycles. The molecule has 0 bridgehead atoms. The van der Waals surface area contributed by atoms with Crippen molar-refractivity contribution in [1.82, 2.24) is 15.1 Å². The Hall–Kier alpha value is -1.07. The second kappa shape index (κ2) is 6.59. The van der Waals surface area contributed by atoms with Gasteiger partial charge >= 0.3 is 0 Å². The van der Waals surface area contributed by atoms with Gasteiger partial charge in [0.1, 0.15) is 0 Å². The second-order valence-corrected chi connectivity index (χ2v) is 6.48. The largest absolute Gasteiger partial charge is 0.481 e. The number of ether oxygens (including phenoxy) is 1. The Morgan fingerprint density at radius 1 is 1.40 bits per heavy atom. The normalized spacial score (nSPS) is 13.8. The van der Waals surface area contributed by atoms with Gasteiger partial charge in [-0.05, 0) is 12.8 Å². The van der Waals surface area contributed by atoms with Crippen LogP contribution >= 0.6 is 0 Å². The molecule has 1 aromatic heterocycles. The summed E-state index contributed by atoms with van der Waals surface area (Å²) in [6.45, 7) is 11.7. The summed E-state index contributed by atoms with van der Waals surface area (Å²) in [5.74, 6) is 1.04. The fraction of sp³-hybridized carbons (Fsp3) is 0.800. The third-order valence-corrected chi connectivity index (χ3v) is 3.80. The van der Waals surface area contributed by atoms with E-state index in [0.717, 1.165) is 23.7 Å². The predicted octanol–water partition coefficient (Wildman–Crippen LogP) is 1.87. The van der Waals surface area contributed by atoms with Crippen LogP contribution in [0.1, 0.15) is 39.0 Å². The first-order chi connectivity index (χ1) is 9.20. The molecule has 0 spiro atoms. The van der Waals surface area contributed by atoms with Crippen LogP contribution in [0, 0.1) is 18.3 Å². The summed E-state index contributed by atoms with van der Waals surface area (Å²) < 4.78 is 7.13. The van der Waals surface area contributed by atoms with Gasteiger partial charge in [-0.25, -0.2) is 4.68 Å². The molecule has 1 rings (SSSR count). The number of hydrogen-bond acceptors (Lipinski definition) is 4. The number of aliphatic hydroxyl groups is 1. The van der Waals surface area contributed by atoms with Crippen LogP contribution in [0.15, 0.2) is 0 Å². The molecular formula is C15H29N3O2. The molecule has 20 heavy (non-hydrogen) atoms. The van der Waals surface area contributed by atoms with Gasteiger partial charge < -0.3 is 15.2 Å². The highest BCUT2D eigenvalue weighted by Crippen LogP contribution is 2.26. The maximum absolute atomic E-state index is 10.2. The molecule has 1 unspecified atom stereocenters. The number of rotatable bonds is 7. The lowest BCUT2D eigenvalue weighted by molar-refractivity contribution is 0.0134. The maximum atomic E-state index is 10.2. The second-order valence-electron chi connectivity index (χ2n) is 6.48. The summed E-state index contributed by atoms with van der Waals surface area (Å²) in [7, 11) is 3.54. The zero-order valence-corrected chi connectivity index (χ0v) is 13.8. The molecule has 0 fully saturated rings. The van der Waals surface area contributed by atoms with Gasteiger partial charge in [-0.1, -0.05) is 27.7 Å². The molecular weight excluding hydrogens is 254 g/mol. The Bertz CT molecular complexity index is 439. The Kier molecular flexibility index (Phi) is 5.59. The number of nitrogens with zero attached hydrogens (tertiary/aromatic N) is 2. The number of aryl methyl sites for hydroxylation is 2. The van der Waals surface area contributed by atoms with E-state index in [0.29, 0.717) is 6.54 Å². The third kappa shape index (κ3) is 3.73. The number of aliphatic hydroxyl groups excluding tert-OH is 1. The summed E-state index contributed by atoms with van der Waals surface area (Å²) in [6.07, 6.45) is -0.327. The maximum Gasteiger partial charge on any atom is 0.216 e.